The summed E-state index contributed by atoms with van der Waals surface area (Å²) < 4.78 is 42.7. The average Bonchev–Trinajstić information content (AvgIpc) is 3.08. The lowest BCUT2D eigenvalue weighted by molar-refractivity contribution is -0.0328. The first-order valence-electron chi connectivity index (χ1n) is 10.5. The highest BCUT2D eigenvalue weighted by Crippen LogP contribution is 2.37. The fourth-order valence-corrected chi connectivity index (χ4v) is 3.97. The summed E-state index contributed by atoms with van der Waals surface area (Å²) >= 11 is -0.108. The van der Waals surface area contributed by atoms with Gasteiger partial charge in [-0.1, -0.05) is 13.3 Å². The van der Waals surface area contributed by atoms with Crippen LogP contribution in [0.4, 0.5) is 29.5 Å². The molecule has 6 nitrogen and oxygen atoms in total. The summed E-state index contributed by atoms with van der Waals surface area (Å²) in [6.45, 7) is 6.58. The molecule has 1 aliphatic rings. The van der Waals surface area contributed by atoms with Gasteiger partial charge in [0.2, 0.25) is 0 Å². The van der Waals surface area contributed by atoms with Crippen LogP contribution in [0.3, 0.4) is 0 Å². The van der Waals surface area contributed by atoms with Crippen LogP contribution in [0.15, 0.2) is 47.5 Å². The minimum Gasteiger partial charge on any atom is -0.449 e. The van der Waals surface area contributed by atoms with E-state index in [1.807, 2.05) is 19.1 Å². The third kappa shape index (κ3) is 7.30. The molecule has 0 bridgehead atoms. The predicted octanol–water partition coefficient (Wildman–Crippen LogP) is 5.71. The van der Waals surface area contributed by atoms with Crippen molar-refractivity contribution < 1.29 is 22.7 Å². The van der Waals surface area contributed by atoms with Crippen LogP contribution in [0.1, 0.15) is 32.3 Å². The second kappa shape index (κ2) is 10.9. The summed E-state index contributed by atoms with van der Waals surface area (Å²) in [4.78, 5) is 20.6. The molecule has 32 heavy (non-hydrogen) atoms. The smallest absolute Gasteiger partial charge is 0.446 e. The number of rotatable bonds is 8. The molecule has 0 spiro atoms. The van der Waals surface area contributed by atoms with Gasteiger partial charge in [-0.25, -0.2) is 9.78 Å². The first kappa shape index (κ1) is 24.2. The van der Waals surface area contributed by atoms with E-state index in [-0.39, 0.29) is 22.7 Å². The number of thioether (sulfide) groups is 1. The molecule has 0 saturated carbocycles. The number of ether oxygens (including phenoxy) is 1. The molecule has 0 radical (unpaired) electrons. The van der Waals surface area contributed by atoms with Crippen LogP contribution in [0.2, 0.25) is 0 Å². The monoisotopic (exact) mass is 468 g/mol. The average molecular weight is 469 g/mol. The number of carbonyl (C=O) groups is 1. The van der Waals surface area contributed by atoms with Crippen molar-refractivity contribution in [2.45, 2.75) is 49.7 Å². The van der Waals surface area contributed by atoms with Crippen molar-refractivity contribution in [3.8, 4) is 0 Å². The summed E-state index contributed by atoms with van der Waals surface area (Å²) in [6, 6.07) is 10.4. The van der Waals surface area contributed by atoms with E-state index in [1.165, 1.54) is 12.1 Å². The van der Waals surface area contributed by atoms with Crippen LogP contribution in [-0.2, 0) is 11.3 Å². The van der Waals surface area contributed by atoms with Crippen molar-refractivity contribution in [3.63, 3.8) is 0 Å². The molecular formula is C22H27F3N4O2S. The van der Waals surface area contributed by atoms with E-state index >= 15 is 0 Å². The van der Waals surface area contributed by atoms with Crippen molar-refractivity contribution in [1.29, 1.82) is 0 Å². The van der Waals surface area contributed by atoms with Gasteiger partial charge in [0.1, 0.15) is 5.82 Å². The van der Waals surface area contributed by atoms with E-state index in [2.05, 4.69) is 27.0 Å². The molecule has 2 aromatic rings. The number of benzene rings is 1. The molecule has 1 aromatic carbocycles. The molecule has 1 aliphatic heterocycles. The normalized spacial score (nSPS) is 16.9. The lowest BCUT2D eigenvalue weighted by Gasteiger charge is -2.21. The Labute approximate surface area is 190 Å². The van der Waals surface area contributed by atoms with Gasteiger partial charge in [-0.3, -0.25) is 10.2 Å². The molecule has 1 aromatic heterocycles. The van der Waals surface area contributed by atoms with Crippen LogP contribution in [0.5, 0.6) is 0 Å². The topological polar surface area (TPSA) is 57.7 Å². The Kier molecular flexibility index (Phi) is 8.25. The van der Waals surface area contributed by atoms with E-state index in [0.717, 1.165) is 30.6 Å². The molecule has 2 heterocycles. The third-order valence-corrected chi connectivity index (χ3v) is 5.81. The molecule has 3 rings (SSSR count). The molecule has 10 heteroatoms. The first-order valence-corrected chi connectivity index (χ1v) is 11.3. The predicted molar refractivity (Wildman–Crippen MR) is 120 cm³/mol. The van der Waals surface area contributed by atoms with Crippen molar-refractivity contribution in [2.24, 2.45) is 0 Å². The maximum absolute atomic E-state index is 12.5. The second-order valence-corrected chi connectivity index (χ2v) is 8.80. The summed E-state index contributed by atoms with van der Waals surface area (Å²) in [7, 11) is 0. The van der Waals surface area contributed by atoms with Crippen molar-refractivity contribution in [1.82, 2.24) is 9.88 Å². The van der Waals surface area contributed by atoms with E-state index in [0.29, 0.717) is 25.6 Å². The Morgan fingerprint density at radius 1 is 1.28 bits per heavy atom. The number of amides is 1. The number of alkyl halides is 3. The van der Waals surface area contributed by atoms with Gasteiger partial charge in [-0.2, -0.15) is 13.2 Å². The Morgan fingerprint density at radius 3 is 2.72 bits per heavy atom. The Hall–Kier alpha value is -2.46. The minimum absolute atomic E-state index is 0.108. The number of nitrogens with zero attached hydrogens (tertiary/aromatic N) is 3. The SMILES string of the molecule is CCCCOC(=O)Nc1cc(CN2CN(c3ccc(SC(F)(F)F)cc3)CC2C)ccn1. The zero-order valence-corrected chi connectivity index (χ0v) is 18.9. The zero-order chi connectivity index (χ0) is 23.1. The van der Waals surface area contributed by atoms with Gasteiger partial charge in [0, 0.05) is 35.9 Å². The molecule has 1 fully saturated rings. The molecule has 0 aliphatic carbocycles. The number of hydrogen-bond donors (Lipinski definition) is 1. The number of carbonyl (C=O) groups excluding carboxylic acids is 1. The first-order chi connectivity index (χ1) is 15.2. The van der Waals surface area contributed by atoms with Gasteiger partial charge in [0.15, 0.2) is 0 Å². The van der Waals surface area contributed by atoms with E-state index in [9.17, 15) is 18.0 Å². The Bertz CT molecular complexity index is 895. The number of unbranched alkanes of at least 4 members (excludes halogenated alkanes) is 1. The Morgan fingerprint density at radius 2 is 2.03 bits per heavy atom. The third-order valence-electron chi connectivity index (χ3n) is 5.07. The van der Waals surface area contributed by atoms with E-state index in [4.69, 9.17) is 4.74 Å². The van der Waals surface area contributed by atoms with Gasteiger partial charge < -0.3 is 9.64 Å². The Balaban J connectivity index is 1.56. The number of pyridine rings is 1. The van der Waals surface area contributed by atoms with Crippen LogP contribution < -0.4 is 10.2 Å². The summed E-state index contributed by atoms with van der Waals surface area (Å²) in [5.74, 6) is 0.436. The fraction of sp³-hybridized carbons (Fsp3) is 0.455. The lowest BCUT2D eigenvalue weighted by Crippen LogP contribution is -2.28. The largest absolute Gasteiger partial charge is 0.449 e. The van der Waals surface area contributed by atoms with Crippen LogP contribution in [0, 0.1) is 0 Å². The van der Waals surface area contributed by atoms with Crippen LogP contribution >= 0.6 is 11.8 Å². The highest BCUT2D eigenvalue weighted by molar-refractivity contribution is 8.00. The molecule has 1 N–H and O–H groups in total. The van der Waals surface area contributed by atoms with Crippen molar-refractivity contribution >= 4 is 29.4 Å². The molecule has 1 saturated heterocycles. The van der Waals surface area contributed by atoms with Crippen molar-refractivity contribution in [2.75, 3.05) is 30.0 Å². The quantitative estimate of drug-likeness (QED) is 0.396. The maximum atomic E-state index is 12.5. The number of anilines is 2. The van der Waals surface area contributed by atoms with E-state index < -0.39 is 11.6 Å². The fourth-order valence-electron chi connectivity index (χ4n) is 3.43. The summed E-state index contributed by atoms with van der Waals surface area (Å²) in [6.07, 6.45) is 2.89. The molecule has 1 atom stereocenters. The number of hydrogen-bond acceptors (Lipinski definition) is 6. The van der Waals surface area contributed by atoms with Gasteiger partial charge in [0.25, 0.3) is 0 Å². The zero-order valence-electron chi connectivity index (χ0n) is 18.1. The molecule has 1 amide bonds. The molecule has 1 unspecified atom stereocenters. The van der Waals surface area contributed by atoms with Crippen LogP contribution in [0.25, 0.3) is 0 Å². The molecular weight excluding hydrogens is 441 g/mol. The van der Waals surface area contributed by atoms with Gasteiger partial charge in [0.05, 0.1) is 13.3 Å². The maximum Gasteiger partial charge on any atom is 0.446 e. The lowest BCUT2D eigenvalue weighted by atomic mass is 10.2. The van der Waals surface area contributed by atoms with Crippen LogP contribution in [-0.4, -0.2) is 47.3 Å². The van der Waals surface area contributed by atoms with E-state index in [1.54, 1.807) is 18.3 Å². The number of halogens is 3. The summed E-state index contributed by atoms with van der Waals surface area (Å²) in [5, 5.41) is 2.65. The van der Waals surface area contributed by atoms with Crippen molar-refractivity contribution in [3.05, 3.63) is 48.2 Å². The highest BCUT2D eigenvalue weighted by atomic mass is 32.2. The minimum atomic E-state index is -4.29. The highest BCUT2D eigenvalue weighted by Gasteiger charge is 2.30. The van der Waals surface area contributed by atoms with Gasteiger partial charge >= 0.3 is 11.6 Å². The standard InChI is InChI=1S/C22H27F3N4O2S/c1-3-4-11-31-21(30)27-20-12-17(9-10-26-20)14-28-15-29(13-16(28)2)18-5-7-19(8-6-18)32-22(23,24)25/h5-10,12,16H,3-4,11,13-15H2,1-2H3,(H,26,27,30). The summed E-state index contributed by atoms with van der Waals surface area (Å²) in [5.41, 5.74) is -2.41. The van der Waals surface area contributed by atoms with Gasteiger partial charge in [-0.15, -0.1) is 0 Å². The number of nitrogens with one attached hydrogen (secondary N) is 1. The second-order valence-electron chi connectivity index (χ2n) is 7.67. The van der Waals surface area contributed by atoms with Gasteiger partial charge in [-0.05, 0) is 67.1 Å². The molecule has 174 valence electrons. The number of aromatic nitrogens is 1.